The summed E-state index contributed by atoms with van der Waals surface area (Å²) in [6.45, 7) is 4.67. The molecule has 0 spiro atoms. The second-order valence-corrected chi connectivity index (χ2v) is 7.11. The van der Waals surface area contributed by atoms with Gasteiger partial charge in [-0.3, -0.25) is 10.1 Å². The van der Waals surface area contributed by atoms with Gasteiger partial charge in [-0.1, -0.05) is 19.4 Å². The molecule has 0 bridgehead atoms. The summed E-state index contributed by atoms with van der Waals surface area (Å²) in [7, 11) is 0. The number of hydrogen-bond donors (Lipinski definition) is 2. The lowest BCUT2D eigenvalue weighted by atomic mass is 10.2. The van der Waals surface area contributed by atoms with Crippen molar-refractivity contribution in [3.63, 3.8) is 0 Å². The third-order valence-corrected chi connectivity index (χ3v) is 4.16. The summed E-state index contributed by atoms with van der Waals surface area (Å²) < 4.78 is 6.66. The average molecular weight is 469 g/mol. The molecule has 0 aliphatic rings. The van der Waals surface area contributed by atoms with Gasteiger partial charge < -0.3 is 10.1 Å². The van der Waals surface area contributed by atoms with Crippen molar-refractivity contribution in [1.82, 2.24) is 10.3 Å². The second-order valence-electron chi connectivity index (χ2n) is 5.46. The first kappa shape index (κ1) is 19.6. The number of aromatic nitrogens is 1. The number of rotatable bonds is 6. The number of unbranched alkanes of at least 4 members (excludes halogenated alkanes) is 1. The van der Waals surface area contributed by atoms with Crippen LogP contribution < -0.4 is 15.4 Å². The summed E-state index contributed by atoms with van der Waals surface area (Å²) in [5.41, 5.74) is 1.44. The van der Waals surface area contributed by atoms with Gasteiger partial charge in [-0.05, 0) is 78.0 Å². The van der Waals surface area contributed by atoms with Gasteiger partial charge >= 0.3 is 0 Å². The molecule has 2 N–H and O–H groups in total. The molecule has 0 fully saturated rings. The van der Waals surface area contributed by atoms with Crippen molar-refractivity contribution < 1.29 is 9.53 Å². The lowest BCUT2D eigenvalue weighted by molar-refractivity contribution is 0.0977. The van der Waals surface area contributed by atoms with E-state index in [0.29, 0.717) is 23.7 Å². The van der Waals surface area contributed by atoms with Crippen molar-refractivity contribution in [1.29, 1.82) is 0 Å². The molecule has 1 amide bonds. The van der Waals surface area contributed by atoms with E-state index in [1.165, 1.54) is 0 Å². The van der Waals surface area contributed by atoms with Crippen molar-refractivity contribution in [3.05, 3.63) is 51.2 Å². The summed E-state index contributed by atoms with van der Waals surface area (Å²) >= 11 is 7.40. The van der Waals surface area contributed by atoms with Crippen LogP contribution in [0, 0.1) is 10.5 Å². The summed E-state index contributed by atoms with van der Waals surface area (Å²) in [4.78, 5) is 16.6. The smallest absolute Gasteiger partial charge is 0.257 e. The number of carbonyl (C=O) groups is 1. The summed E-state index contributed by atoms with van der Waals surface area (Å²) in [6, 6.07) is 9.04. The molecule has 0 aliphatic carbocycles. The number of hydrogen-bond acceptors (Lipinski definition) is 4. The number of pyridine rings is 1. The van der Waals surface area contributed by atoms with E-state index in [4.69, 9.17) is 17.0 Å². The van der Waals surface area contributed by atoms with Crippen LogP contribution in [0.1, 0.15) is 35.7 Å². The third kappa shape index (κ3) is 6.24. The Bertz CT molecular complexity index is 768. The number of anilines is 1. The molecular weight excluding hydrogens is 449 g/mol. The molecule has 0 saturated heterocycles. The van der Waals surface area contributed by atoms with E-state index in [1.54, 1.807) is 24.4 Å². The zero-order valence-electron chi connectivity index (χ0n) is 14.1. The zero-order valence-corrected chi connectivity index (χ0v) is 17.1. The number of aryl methyl sites for hydroxylation is 1. The van der Waals surface area contributed by atoms with Crippen LogP contribution in [-0.4, -0.2) is 22.6 Å². The molecule has 0 radical (unpaired) electrons. The third-order valence-electron chi connectivity index (χ3n) is 3.37. The van der Waals surface area contributed by atoms with Crippen LogP contribution in [0.5, 0.6) is 5.75 Å². The number of carbonyl (C=O) groups excluding carboxylic acids is 1. The van der Waals surface area contributed by atoms with Gasteiger partial charge in [0.15, 0.2) is 5.11 Å². The average Bonchev–Trinajstić information content (AvgIpc) is 2.58. The Labute approximate surface area is 166 Å². The van der Waals surface area contributed by atoms with Crippen LogP contribution in [0.25, 0.3) is 0 Å². The minimum atomic E-state index is -0.290. The van der Waals surface area contributed by atoms with Crippen molar-refractivity contribution in [2.75, 3.05) is 11.9 Å². The van der Waals surface area contributed by atoms with Gasteiger partial charge in [-0.2, -0.15) is 0 Å². The Hall–Kier alpha value is -1.74. The lowest BCUT2D eigenvalue weighted by Gasteiger charge is -2.12. The van der Waals surface area contributed by atoms with Crippen molar-refractivity contribution in [3.8, 4) is 5.75 Å². The number of amides is 1. The Balaban J connectivity index is 1.96. The summed E-state index contributed by atoms with van der Waals surface area (Å²) in [5, 5.41) is 5.82. The number of nitrogens with zero attached hydrogens (tertiary/aromatic N) is 1. The van der Waals surface area contributed by atoms with E-state index in [1.807, 2.05) is 19.1 Å². The highest BCUT2D eigenvalue weighted by atomic mass is 127. The number of thiocarbonyl (C=S) groups is 1. The van der Waals surface area contributed by atoms with E-state index in [-0.39, 0.29) is 11.0 Å². The number of halogens is 1. The maximum atomic E-state index is 12.4. The van der Waals surface area contributed by atoms with Gasteiger partial charge in [0, 0.05) is 15.3 Å². The Morgan fingerprint density at radius 2 is 2.16 bits per heavy atom. The predicted molar refractivity (Wildman–Crippen MR) is 112 cm³/mol. The monoisotopic (exact) mass is 469 g/mol. The van der Waals surface area contributed by atoms with Crippen LogP contribution in [0.15, 0.2) is 36.5 Å². The maximum Gasteiger partial charge on any atom is 0.257 e. The molecule has 1 heterocycles. The minimum absolute atomic E-state index is 0.208. The maximum absolute atomic E-state index is 12.4. The van der Waals surface area contributed by atoms with Crippen LogP contribution in [0.3, 0.4) is 0 Å². The highest BCUT2D eigenvalue weighted by Crippen LogP contribution is 2.15. The first-order valence-corrected chi connectivity index (χ1v) is 9.45. The first-order chi connectivity index (χ1) is 12.0. The molecule has 7 heteroatoms. The van der Waals surface area contributed by atoms with Gasteiger partial charge in [-0.15, -0.1) is 0 Å². The molecule has 0 aliphatic heterocycles. The lowest BCUT2D eigenvalue weighted by Crippen LogP contribution is -2.34. The van der Waals surface area contributed by atoms with E-state index in [0.717, 1.165) is 22.0 Å². The fraction of sp³-hybridized carbons (Fsp3) is 0.278. The quantitative estimate of drug-likeness (QED) is 0.375. The largest absolute Gasteiger partial charge is 0.494 e. The van der Waals surface area contributed by atoms with E-state index in [2.05, 4.69) is 45.1 Å². The highest BCUT2D eigenvalue weighted by Gasteiger charge is 2.10. The van der Waals surface area contributed by atoms with Gasteiger partial charge in [0.05, 0.1) is 6.61 Å². The van der Waals surface area contributed by atoms with Crippen LogP contribution >= 0.6 is 34.8 Å². The van der Waals surface area contributed by atoms with E-state index < -0.39 is 0 Å². The van der Waals surface area contributed by atoms with Crippen molar-refractivity contribution >= 4 is 51.6 Å². The molecular formula is C18H20IN3O2S. The molecule has 132 valence electrons. The van der Waals surface area contributed by atoms with Gasteiger partial charge in [0.25, 0.3) is 5.91 Å². The van der Waals surface area contributed by atoms with Crippen molar-refractivity contribution in [2.45, 2.75) is 26.7 Å². The molecule has 0 saturated carbocycles. The Morgan fingerprint density at radius 1 is 1.36 bits per heavy atom. The standard InChI is InChI=1S/C18H20IN3O2S/c1-3-4-8-24-15-7-5-6-13(10-15)17(23)22-18(25)21-16-12(2)9-14(19)11-20-16/h5-7,9-11H,3-4,8H2,1-2H3,(H2,20,21,22,23,25). The van der Waals surface area contributed by atoms with Crippen LogP contribution in [-0.2, 0) is 0 Å². The molecule has 0 unspecified atom stereocenters. The number of benzene rings is 1. The molecule has 2 rings (SSSR count). The first-order valence-electron chi connectivity index (χ1n) is 7.97. The van der Waals surface area contributed by atoms with Gasteiger partial charge in [-0.25, -0.2) is 4.98 Å². The molecule has 0 atom stereocenters. The van der Waals surface area contributed by atoms with Crippen molar-refractivity contribution in [2.24, 2.45) is 0 Å². The normalized spacial score (nSPS) is 10.2. The minimum Gasteiger partial charge on any atom is -0.494 e. The van der Waals surface area contributed by atoms with Gasteiger partial charge in [0.1, 0.15) is 11.6 Å². The highest BCUT2D eigenvalue weighted by molar-refractivity contribution is 14.1. The Kier molecular flexibility index (Phi) is 7.57. The van der Waals surface area contributed by atoms with Crippen LogP contribution in [0.2, 0.25) is 0 Å². The molecule has 25 heavy (non-hydrogen) atoms. The predicted octanol–water partition coefficient (Wildman–Crippen LogP) is 4.30. The number of ether oxygens (including phenoxy) is 1. The van der Waals surface area contributed by atoms with Crippen LogP contribution in [0.4, 0.5) is 5.82 Å². The fourth-order valence-electron chi connectivity index (χ4n) is 2.05. The summed E-state index contributed by atoms with van der Waals surface area (Å²) in [5.74, 6) is 1.01. The van der Waals surface area contributed by atoms with E-state index in [9.17, 15) is 4.79 Å². The molecule has 2 aromatic rings. The Morgan fingerprint density at radius 3 is 2.88 bits per heavy atom. The van der Waals surface area contributed by atoms with Gasteiger partial charge in [0.2, 0.25) is 0 Å². The molecule has 1 aromatic heterocycles. The summed E-state index contributed by atoms with van der Waals surface area (Å²) in [6.07, 6.45) is 3.77. The SMILES string of the molecule is CCCCOc1cccc(C(=O)NC(=S)Nc2ncc(I)cc2C)c1. The molecule has 5 nitrogen and oxygen atoms in total. The number of nitrogens with one attached hydrogen (secondary N) is 2. The fourth-order valence-corrected chi connectivity index (χ4v) is 2.84. The zero-order chi connectivity index (χ0) is 18.2. The topological polar surface area (TPSA) is 63.2 Å². The second kappa shape index (κ2) is 9.67. The molecule has 1 aromatic carbocycles. The van der Waals surface area contributed by atoms with E-state index >= 15 is 0 Å².